The number of nitrogens with one attached hydrogen (secondary N) is 1. The molecule has 0 saturated carbocycles. The standard InChI is InChI=1S/C9H17NO2/c1-2-3-4-5-10-8-6-12-7-9(8)11/h2-3,8-11H,4-7H2,1H3/b3-2+. The average molecular weight is 171 g/mol. The number of hydrogen-bond acceptors (Lipinski definition) is 3. The van der Waals surface area contributed by atoms with Gasteiger partial charge in [-0.05, 0) is 19.9 Å². The van der Waals surface area contributed by atoms with Crippen LogP contribution in [-0.4, -0.2) is 37.0 Å². The Morgan fingerprint density at radius 1 is 1.58 bits per heavy atom. The maximum absolute atomic E-state index is 9.34. The molecule has 0 spiro atoms. The van der Waals surface area contributed by atoms with Gasteiger partial charge >= 0.3 is 0 Å². The fourth-order valence-corrected chi connectivity index (χ4v) is 1.26. The molecule has 3 heteroatoms. The van der Waals surface area contributed by atoms with E-state index < -0.39 is 0 Å². The Morgan fingerprint density at radius 2 is 2.42 bits per heavy atom. The Balaban J connectivity index is 2.06. The summed E-state index contributed by atoms with van der Waals surface area (Å²) in [7, 11) is 0. The third-order valence-corrected chi connectivity index (χ3v) is 2.00. The highest BCUT2D eigenvalue weighted by Gasteiger charge is 2.24. The zero-order valence-corrected chi connectivity index (χ0v) is 7.49. The molecule has 0 amide bonds. The average Bonchev–Trinajstić information content (AvgIpc) is 2.46. The summed E-state index contributed by atoms with van der Waals surface area (Å²) >= 11 is 0. The predicted molar refractivity (Wildman–Crippen MR) is 48.0 cm³/mol. The molecule has 1 aliphatic heterocycles. The van der Waals surface area contributed by atoms with E-state index in [1.807, 2.05) is 13.0 Å². The van der Waals surface area contributed by atoms with E-state index in [2.05, 4.69) is 11.4 Å². The molecule has 1 fully saturated rings. The molecule has 0 aliphatic carbocycles. The first-order valence-corrected chi connectivity index (χ1v) is 4.45. The molecule has 0 aromatic heterocycles. The van der Waals surface area contributed by atoms with E-state index in [0.717, 1.165) is 13.0 Å². The SMILES string of the molecule is C/C=C/CCNC1COCC1O. The van der Waals surface area contributed by atoms with E-state index in [0.29, 0.717) is 13.2 Å². The fraction of sp³-hybridized carbons (Fsp3) is 0.778. The normalized spacial score (nSPS) is 30.2. The summed E-state index contributed by atoms with van der Waals surface area (Å²) in [5.74, 6) is 0. The van der Waals surface area contributed by atoms with Gasteiger partial charge in [0.05, 0.1) is 25.4 Å². The topological polar surface area (TPSA) is 41.5 Å². The Kier molecular flexibility index (Phi) is 4.29. The van der Waals surface area contributed by atoms with Crippen LogP contribution in [0, 0.1) is 0 Å². The van der Waals surface area contributed by atoms with Crippen molar-refractivity contribution in [3.63, 3.8) is 0 Å². The van der Waals surface area contributed by atoms with Gasteiger partial charge in [0.1, 0.15) is 0 Å². The van der Waals surface area contributed by atoms with Gasteiger partial charge in [0.25, 0.3) is 0 Å². The quantitative estimate of drug-likeness (QED) is 0.472. The van der Waals surface area contributed by atoms with Crippen molar-refractivity contribution in [1.82, 2.24) is 5.32 Å². The second-order valence-corrected chi connectivity index (χ2v) is 3.02. The summed E-state index contributed by atoms with van der Waals surface area (Å²) in [5.41, 5.74) is 0. The molecule has 3 nitrogen and oxygen atoms in total. The first-order valence-electron chi connectivity index (χ1n) is 4.45. The van der Waals surface area contributed by atoms with Gasteiger partial charge in [-0.15, -0.1) is 0 Å². The van der Waals surface area contributed by atoms with E-state index >= 15 is 0 Å². The molecule has 2 unspecified atom stereocenters. The minimum atomic E-state index is -0.324. The van der Waals surface area contributed by atoms with Gasteiger partial charge in [-0.25, -0.2) is 0 Å². The molecular formula is C9H17NO2. The lowest BCUT2D eigenvalue weighted by Gasteiger charge is -2.13. The summed E-state index contributed by atoms with van der Waals surface area (Å²) in [5, 5.41) is 12.6. The highest BCUT2D eigenvalue weighted by molar-refractivity contribution is 4.83. The Morgan fingerprint density at radius 3 is 3.00 bits per heavy atom. The number of ether oxygens (including phenoxy) is 1. The smallest absolute Gasteiger partial charge is 0.0948 e. The van der Waals surface area contributed by atoms with Gasteiger partial charge in [0.15, 0.2) is 0 Å². The van der Waals surface area contributed by atoms with Crippen molar-refractivity contribution in [3.05, 3.63) is 12.2 Å². The second-order valence-electron chi connectivity index (χ2n) is 3.02. The number of aliphatic hydroxyl groups excluding tert-OH is 1. The lowest BCUT2D eigenvalue weighted by Crippen LogP contribution is -2.39. The van der Waals surface area contributed by atoms with Crippen molar-refractivity contribution in [3.8, 4) is 0 Å². The minimum absolute atomic E-state index is 0.134. The number of hydrogen-bond donors (Lipinski definition) is 2. The third-order valence-electron chi connectivity index (χ3n) is 2.00. The highest BCUT2D eigenvalue weighted by Crippen LogP contribution is 2.04. The van der Waals surface area contributed by atoms with Gasteiger partial charge < -0.3 is 15.2 Å². The maximum atomic E-state index is 9.34. The van der Waals surface area contributed by atoms with Crippen LogP contribution in [0.1, 0.15) is 13.3 Å². The molecule has 1 aliphatic rings. The molecule has 70 valence electrons. The van der Waals surface area contributed by atoms with E-state index in [4.69, 9.17) is 4.74 Å². The molecule has 0 aromatic rings. The highest BCUT2D eigenvalue weighted by atomic mass is 16.5. The Labute approximate surface area is 73.4 Å². The Bertz CT molecular complexity index is 147. The van der Waals surface area contributed by atoms with E-state index in [9.17, 15) is 5.11 Å². The molecule has 2 N–H and O–H groups in total. The van der Waals surface area contributed by atoms with Gasteiger partial charge in [0.2, 0.25) is 0 Å². The van der Waals surface area contributed by atoms with Crippen LogP contribution in [0.25, 0.3) is 0 Å². The Hall–Kier alpha value is -0.380. The van der Waals surface area contributed by atoms with Crippen LogP contribution < -0.4 is 5.32 Å². The van der Waals surface area contributed by atoms with E-state index in [1.54, 1.807) is 0 Å². The predicted octanol–water partition coefficient (Wildman–Crippen LogP) is 0.302. The summed E-state index contributed by atoms with van der Waals surface area (Å²) in [6.07, 6.45) is 4.83. The van der Waals surface area contributed by atoms with Crippen LogP contribution in [0.15, 0.2) is 12.2 Å². The summed E-state index contributed by atoms with van der Waals surface area (Å²) < 4.78 is 5.10. The van der Waals surface area contributed by atoms with Gasteiger partial charge in [-0.2, -0.15) is 0 Å². The fourth-order valence-electron chi connectivity index (χ4n) is 1.26. The van der Waals surface area contributed by atoms with Crippen LogP contribution in [0.2, 0.25) is 0 Å². The van der Waals surface area contributed by atoms with Crippen molar-refractivity contribution >= 4 is 0 Å². The zero-order chi connectivity index (χ0) is 8.81. The van der Waals surface area contributed by atoms with Gasteiger partial charge in [-0.1, -0.05) is 12.2 Å². The number of allylic oxidation sites excluding steroid dienone is 1. The van der Waals surface area contributed by atoms with Crippen molar-refractivity contribution in [2.45, 2.75) is 25.5 Å². The molecule has 0 radical (unpaired) electrons. The van der Waals surface area contributed by atoms with Crippen molar-refractivity contribution < 1.29 is 9.84 Å². The summed E-state index contributed by atoms with van der Waals surface area (Å²) in [4.78, 5) is 0. The van der Waals surface area contributed by atoms with Crippen LogP contribution >= 0.6 is 0 Å². The summed E-state index contributed by atoms with van der Waals surface area (Å²) in [6.45, 7) is 4.03. The lowest BCUT2D eigenvalue weighted by molar-refractivity contribution is 0.122. The van der Waals surface area contributed by atoms with E-state index in [-0.39, 0.29) is 12.1 Å². The van der Waals surface area contributed by atoms with Crippen LogP contribution in [0.4, 0.5) is 0 Å². The third kappa shape index (κ3) is 2.93. The molecular weight excluding hydrogens is 154 g/mol. The molecule has 1 heterocycles. The van der Waals surface area contributed by atoms with Gasteiger partial charge in [0, 0.05) is 0 Å². The lowest BCUT2D eigenvalue weighted by atomic mass is 10.2. The molecule has 1 rings (SSSR count). The van der Waals surface area contributed by atoms with Crippen molar-refractivity contribution in [2.24, 2.45) is 0 Å². The first-order chi connectivity index (χ1) is 5.84. The molecule has 0 bridgehead atoms. The summed E-state index contributed by atoms with van der Waals surface area (Å²) in [6, 6.07) is 0.134. The van der Waals surface area contributed by atoms with Crippen molar-refractivity contribution in [1.29, 1.82) is 0 Å². The number of aliphatic hydroxyl groups is 1. The van der Waals surface area contributed by atoms with Crippen molar-refractivity contribution in [2.75, 3.05) is 19.8 Å². The molecule has 12 heavy (non-hydrogen) atoms. The molecule has 1 saturated heterocycles. The van der Waals surface area contributed by atoms with Crippen LogP contribution in [0.5, 0.6) is 0 Å². The van der Waals surface area contributed by atoms with Crippen LogP contribution in [0.3, 0.4) is 0 Å². The van der Waals surface area contributed by atoms with Crippen LogP contribution in [-0.2, 0) is 4.74 Å². The first kappa shape index (κ1) is 9.71. The maximum Gasteiger partial charge on any atom is 0.0948 e. The molecule has 0 aromatic carbocycles. The largest absolute Gasteiger partial charge is 0.389 e. The number of rotatable bonds is 4. The van der Waals surface area contributed by atoms with Gasteiger partial charge in [-0.3, -0.25) is 0 Å². The second kappa shape index (κ2) is 5.30. The molecule has 2 atom stereocenters. The zero-order valence-electron chi connectivity index (χ0n) is 7.49. The monoisotopic (exact) mass is 171 g/mol. The minimum Gasteiger partial charge on any atom is -0.389 e. The van der Waals surface area contributed by atoms with E-state index in [1.165, 1.54) is 0 Å².